The smallest absolute Gasteiger partial charge is 0.294 e. The number of halogens is 1. The van der Waals surface area contributed by atoms with E-state index in [9.17, 15) is 14.7 Å². The molecule has 0 aliphatic carbocycles. The molecule has 5 rings (SSSR count). The normalized spacial score (nSPS) is 16.1. The highest BCUT2D eigenvalue weighted by Gasteiger charge is 2.45. The lowest BCUT2D eigenvalue weighted by molar-refractivity contribution is -0.117. The number of hydrogen-bond donors (Lipinski definition) is 1. The van der Waals surface area contributed by atoms with Crippen LogP contribution in [0.4, 0.5) is 5.69 Å². The molecule has 4 aromatic rings. The number of ketones is 1. The summed E-state index contributed by atoms with van der Waals surface area (Å²) < 4.78 is 11.2. The largest absolute Gasteiger partial charge is 0.503 e. The molecule has 1 unspecified atom stereocenters. The average molecular weight is 516 g/mol. The second-order valence-corrected chi connectivity index (χ2v) is 10.5. The predicted molar refractivity (Wildman–Crippen MR) is 144 cm³/mol. The Balaban J connectivity index is 1.65. The van der Waals surface area contributed by atoms with E-state index < -0.39 is 23.5 Å². The number of carbonyl (C=O) groups is 2. The molecule has 0 spiro atoms. The van der Waals surface area contributed by atoms with Crippen molar-refractivity contribution < 1.29 is 23.8 Å². The third-order valence-electron chi connectivity index (χ3n) is 6.58. The minimum atomic E-state index is -0.877. The maximum Gasteiger partial charge on any atom is 0.294 e. The van der Waals surface area contributed by atoms with Crippen molar-refractivity contribution in [3.05, 3.63) is 106 Å². The zero-order valence-corrected chi connectivity index (χ0v) is 21.7. The average Bonchev–Trinajstić information content (AvgIpc) is 3.41. The molecule has 1 N–H and O–H groups in total. The number of ether oxygens (including phenoxy) is 1. The van der Waals surface area contributed by atoms with Gasteiger partial charge in [-0.25, -0.2) is 0 Å². The van der Waals surface area contributed by atoms with Gasteiger partial charge in [-0.3, -0.25) is 14.5 Å². The molecule has 0 saturated carbocycles. The fourth-order valence-electron chi connectivity index (χ4n) is 4.60. The van der Waals surface area contributed by atoms with Crippen molar-refractivity contribution in [1.82, 2.24) is 0 Å². The van der Waals surface area contributed by atoms with Gasteiger partial charge in [0.15, 0.2) is 11.5 Å². The van der Waals surface area contributed by atoms with Crippen molar-refractivity contribution in [1.29, 1.82) is 0 Å². The third kappa shape index (κ3) is 4.38. The molecule has 0 radical (unpaired) electrons. The topological polar surface area (TPSA) is 80.0 Å². The van der Waals surface area contributed by atoms with Crippen molar-refractivity contribution in [2.75, 3.05) is 12.0 Å². The highest BCUT2D eigenvalue weighted by molar-refractivity contribution is 6.31. The number of fused-ring (bicyclic) bond motifs is 1. The van der Waals surface area contributed by atoms with Crippen molar-refractivity contribution in [2.24, 2.45) is 0 Å². The van der Waals surface area contributed by atoms with E-state index in [4.69, 9.17) is 20.8 Å². The Morgan fingerprint density at radius 3 is 2.43 bits per heavy atom. The van der Waals surface area contributed by atoms with Gasteiger partial charge in [0.05, 0.1) is 18.7 Å². The highest BCUT2D eigenvalue weighted by atomic mass is 35.5. The number of aliphatic hydroxyl groups excluding tert-OH is 1. The van der Waals surface area contributed by atoms with Crippen LogP contribution in [0.25, 0.3) is 11.0 Å². The Bertz CT molecular complexity index is 1560. The number of amides is 1. The number of rotatable bonds is 5. The Morgan fingerprint density at radius 2 is 1.76 bits per heavy atom. The van der Waals surface area contributed by atoms with E-state index in [1.54, 1.807) is 48.5 Å². The first-order valence-electron chi connectivity index (χ1n) is 11.8. The number of Topliss-reactive ketones (excluding diaryl/α,β-unsaturated/α-hetero) is 1. The zero-order valence-electron chi connectivity index (χ0n) is 20.9. The van der Waals surface area contributed by atoms with Crippen LogP contribution in [0.1, 0.15) is 48.5 Å². The van der Waals surface area contributed by atoms with Crippen LogP contribution in [0.2, 0.25) is 5.02 Å². The first-order chi connectivity index (χ1) is 17.6. The van der Waals surface area contributed by atoms with Gasteiger partial charge in [-0.2, -0.15) is 0 Å². The molecule has 0 bridgehead atoms. The minimum Gasteiger partial charge on any atom is -0.503 e. The third-order valence-corrected chi connectivity index (χ3v) is 6.81. The number of hydrogen-bond acceptors (Lipinski definition) is 5. The van der Waals surface area contributed by atoms with Crippen molar-refractivity contribution in [3.8, 4) is 5.75 Å². The van der Waals surface area contributed by atoms with Crippen LogP contribution in [0, 0.1) is 0 Å². The molecule has 6 nitrogen and oxygen atoms in total. The maximum atomic E-state index is 13.8. The lowest BCUT2D eigenvalue weighted by Gasteiger charge is -2.28. The molecule has 1 atom stereocenters. The van der Waals surface area contributed by atoms with Crippen molar-refractivity contribution in [2.45, 2.75) is 32.2 Å². The van der Waals surface area contributed by atoms with Crippen LogP contribution in [0.5, 0.6) is 5.75 Å². The fourth-order valence-corrected chi connectivity index (χ4v) is 4.78. The minimum absolute atomic E-state index is 0.00965. The summed E-state index contributed by atoms with van der Waals surface area (Å²) in [5, 5.41) is 12.2. The van der Waals surface area contributed by atoms with Crippen LogP contribution < -0.4 is 9.64 Å². The molecule has 0 fully saturated rings. The standard InChI is InChI=1S/C30H26ClNO5/c1-30(2,3)19-10-8-17(9-11-19)26-25(27(33)24-15-18-14-20(31)12-13-23(18)37-24)28(34)29(35)32(26)21-6-5-7-22(16-21)36-4/h5-16,26,34H,1-4H3. The van der Waals surface area contributed by atoms with Gasteiger partial charge in [0.2, 0.25) is 5.78 Å². The van der Waals surface area contributed by atoms with Gasteiger partial charge in [0.25, 0.3) is 5.91 Å². The molecule has 2 heterocycles. The highest BCUT2D eigenvalue weighted by Crippen LogP contribution is 2.43. The molecule has 1 aliphatic heterocycles. The summed E-state index contributed by atoms with van der Waals surface area (Å²) in [7, 11) is 1.53. The molecule has 37 heavy (non-hydrogen) atoms. The SMILES string of the molecule is COc1cccc(N2C(=O)C(O)=C(C(=O)c3cc4cc(Cl)ccc4o3)C2c2ccc(C(C)(C)C)cc2)c1. The molecule has 1 aliphatic rings. The number of anilines is 1. The first kappa shape index (κ1) is 24.7. The van der Waals surface area contributed by atoms with Gasteiger partial charge in [-0.1, -0.05) is 62.7 Å². The summed E-state index contributed by atoms with van der Waals surface area (Å²) in [6, 6.07) is 20.4. The van der Waals surface area contributed by atoms with Crippen LogP contribution in [0.3, 0.4) is 0 Å². The molecule has 7 heteroatoms. The molecule has 1 amide bonds. The Kier molecular flexibility index (Phi) is 6.08. The van der Waals surface area contributed by atoms with E-state index in [-0.39, 0.29) is 16.7 Å². The van der Waals surface area contributed by atoms with Gasteiger partial charge >= 0.3 is 0 Å². The Hall–Kier alpha value is -4.03. The summed E-state index contributed by atoms with van der Waals surface area (Å²) in [4.78, 5) is 28.7. The maximum absolute atomic E-state index is 13.8. The van der Waals surface area contributed by atoms with Crippen LogP contribution >= 0.6 is 11.6 Å². The lowest BCUT2D eigenvalue weighted by atomic mass is 9.85. The summed E-state index contributed by atoms with van der Waals surface area (Å²) in [5.74, 6) is -1.32. The zero-order chi connectivity index (χ0) is 26.5. The lowest BCUT2D eigenvalue weighted by Crippen LogP contribution is -2.31. The van der Waals surface area contributed by atoms with Crippen LogP contribution in [-0.2, 0) is 10.2 Å². The summed E-state index contributed by atoms with van der Waals surface area (Å²) in [6.45, 7) is 6.33. The molecule has 1 aromatic heterocycles. The van der Waals surface area contributed by atoms with E-state index in [1.807, 2.05) is 24.3 Å². The Labute approximate surface area is 219 Å². The number of benzene rings is 3. The number of carbonyl (C=O) groups excluding carboxylic acids is 2. The fraction of sp³-hybridized carbons (Fsp3) is 0.200. The van der Waals surface area contributed by atoms with E-state index in [2.05, 4.69) is 20.8 Å². The van der Waals surface area contributed by atoms with Gasteiger partial charge in [-0.15, -0.1) is 0 Å². The quantitative estimate of drug-likeness (QED) is 0.285. The molecule has 188 valence electrons. The van der Waals surface area contributed by atoms with E-state index >= 15 is 0 Å². The molecular formula is C30H26ClNO5. The summed E-state index contributed by atoms with van der Waals surface area (Å²) in [6.07, 6.45) is 0. The predicted octanol–water partition coefficient (Wildman–Crippen LogP) is 7.18. The van der Waals surface area contributed by atoms with E-state index in [0.717, 1.165) is 5.56 Å². The summed E-state index contributed by atoms with van der Waals surface area (Å²) >= 11 is 6.10. The van der Waals surface area contributed by atoms with Crippen LogP contribution in [-0.4, -0.2) is 23.9 Å². The molecule has 0 saturated heterocycles. The van der Waals surface area contributed by atoms with Crippen molar-refractivity contribution >= 4 is 39.9 Å². The van der Waals surface area contributed by atoms with Crippen LogP contribution in [0.15, 0.2) is 88.5 Å². The number of furan rings is 1. The van der Waals surface area contributed by atoms with E-state index in [0.29, 0.717) is 33.0 Å². The van der Waals surface area contributed by atoms with Gasteiger partial charge < -0.3 is 14.3 Å². The van der Waals surface area contributed by atoms with E-state index in [1.165, 1.54) is 12.0 Å². The van der Waals surface area contributed by atoms with Gasteiger partial charge in [0.1, 0.15) is 11.3 Å². The van der Waals surface area contributed by atoms with Gasteiger partial charge in [-0.05, 0) is 52.9 Å². The Morgan fingerprint density at radius 1 is 1.03 bits per heavy atom. The summed E-state index contributed by atoms with van der Waals surface area (Å²) in [5.41, 5.74) is 2.61. The van der Waals surface area contributed by atoms with Gasteiger partial charge in [0, 0.05) is 22.2 Å². The molecule has 3 aromatic carbocycles. The first-order valence-corrected chi connectivity index (χ1v) is 12.2. The van der Waals surface area contributed by atoms with Crippen molar-refractivity contribution in [3.63, 3.8) is 0 Å². The monoisotopic (exact) mass is 515 g/mol. The second kappa shape index (κ2) is 9.12. The molecular weight excluding hydrogens is 490 g/mol. The number of aliphatic hydroxyl groups is 1. The second-order valence-electron chi connectivity index (χ2n) is 10.0. The number of methoxy groups -OCH3 is 1. The number of nitrogens with zero attached hydrogens (tertiary/aromatic N) is 1.